The van der Waals surface area contributed by atoms with Crippen LogP contribution in [0.1, 0.15) is 5.56 Å². The molecule has 0 atom stereocenters. The van der Waals surface area contributed by atoms with E-state index in [4.69, 9.17) is 14.2 Å². The molecule has 0 spiro atoms. The van der Waals surface area contributed by atoms with E-state index in [0.29, 0.717) is 28.8 Å². The summed E-state index contributed by atoms with van der Waals surface area (Å²) >= 11 is 0. The van der Waals surface area contributed by atoms with E-state index in [2.05, 4.69) is 15.3 Å². The molecule has 1 aromatic heterocycles. The van der Waals surface area contributed by atoms with Gasteiger partial charge in [-0.05, 0) is 12.1 Å². The number of rotatable bonds is 6. The number of halogens is 1. The molecule has 0 saturated carbocycles. The Morgan fingerprint density at radius 2 is 1.71 bits per heavy atom. The van der Waals surface area contributed by atoms with Crippen molar-refractivity contribution in [3.63, 3.8) is 0 Å². The van der Waals surface area contributed by atoms with Gasteiger partial charge in [0.2, 0.25) is 11.8 Å². The van der Waals surface area contributed by atoms with E-state index in [-0.39, 0.29) is 12.4 Å². The van der Waals surface area contributed by atoms with Gasteiger partial charge in [0.1, 0.15) is 17.9 Å². The van der Waals surface area contributed by atoms with Crippen LogP contribution in [0.15, 0.2) is 24.5 Å². The molecule has 0 aliphatic carbocycles. The summed E-state index contributed by atoms with van der Waals surface area (Å²) in [5.41, 5.74) is 0.909. The minimum atomic E-state index is -0.384. The van der Waals surface area contributed by atoms with Gasteiger partial charge in [0.15, 0.2) is 0 Å². The molecule has 0 unspecified atom stereocenters. The Labute approximate surface area is 121 Å². The van der Waals surface area contributed by atoms with Gasteiger partial charge >= 0.3 is 0 Å². The topological polar surface area (TPSA) is 65.5 Å². The summed E-state index contributed by atoms with van der Waals surface area (Å²) in [7, 11) is 4.52. The van der Waals surface area contributed by atoms with Crippen LogP contribution in [-0.2, 0) is 6.54 Å². The van der Waals surface area contributed by atoms with Gasteiger partial charge in [0.25, 0.3) is 0 Å². The number of nitrogens with one attached hydrogen (secondary N) is 1. The van der Waals surface area contributed by atoms with Crippen LogP contribution in [0.3, 0.4) is 0 Å². The Bertz CT molecular complexity index is 600. The van der Waals surface area contributed by atoms with Crippen LogP contribution in [0, 0.1) is 5.82 Å². The van der Waals surface area contributed by atoms with Crippen molar-refractivity contribution in [2.75, 3.05) is 26.6 Å². The molecule has 1 heterocycles. The van der Waals surface area contributed by atoms with E-state index in [1.165, 1.54) is 33.7 Å². The summed E-state index contributed by atoms with van der Waals surface area (Å²) in [6, 6.07) is 4.45. The summed E-state index contributed by atoms with van der Waals surface area (Å²) in [5.74, 6) is 0.919. The molecule has 0 amide bonds. The van der Waals surface area contributed by atoms with Crippen molar-refractivity contribution in [3.8, 4) is 17.5 Å². The summed E-state index contributed by atoms with van der Waals surface area (Å²) in [5, 5.41) is 2.96. The molecule has 0 bridgehead atoms. The zero-order valence-electron chi connectivity index (χ0n) is 12.0. The lowest BCUT2D eigenvalue weighted by atomic mass is 10.2. The van der Waals surface area contributed by atoms with Gasteiger partial charge in [0.05, 0.1) is 39.1 Å². The molecule has 0 radical (unpaired) electrons. The van der Waals surface area contributed by atoms with E-state index < -0.39 is 0 Å². The first-order valence-corrected chi connectivity index (χ1v) is 6.18. The van der Waals surface area contributed by atoms with Gasteiger partial charge in [-0.25, -0.2) is 14.4 Å². The van der Waals surface area contributed by atoms with Gasteiger partial charge in [-0.15, -0.1) is 0 Å². The van der Waals surface area contributed by atoms with Crippen LogP contribution < -0.4 is 19.5 Å². The Morgan fingerprint density at radius 3 is 2.29 bits per heavy atom. The summed E-state index contributed by atoms with van der Waals surface area (Å²) in [6.45, 7) is 0.247. The molecule has 112 valence electrons. The van der Waals surface area contributed by atoms with Crippen LogP contribution in [0.5, 0.6) is 17.5 Å². The van der Waals surface area contributed by atoms with Crippen molar-refractivity contribution >= 4 is 5.69 Å². The fourth-order valence-electron chi connectivity index (χ4n) is 1.83. The lowest BCUT2D eigenvalue weighted by Gasteiger charge is -2.13. The molecule has 0 aliphatic rings. The monoisotopic (exact) mass is 293 g/mol. The molecule has 0 fully saturated rings. The predicted octanol–water partition coefficient (Wildman–Crippen LogP) is 2.25. The van der Waals surface area contributed by atoms with Crippen LogP contribution in [-0.4, -0.2) is 31.3 Å². The maximum atomic E-state index is 13.8. The molecule has 6 nitrogen and oxygen atoms in total. The molecule has 0 aliphatic heterocycles. The number of aromatic nitrogens is 2. The highest BCUT2D eigenvalue weighted by Crippen LogP contribution is 2.26. The Morgan fingerprint density at radius 1 is 1.05 bits per heavy atom. The number of hydrogen-bond acceptors (Lipinski definition) is 6. The van der Waals surface area contributed by atoms with Crippen molar-refractivity contribution in [2.45, 2.75) is 6.54 Å². The average molecular weight is 293 g/mol. The van der Waals surface area contributed by atoms with Gasteiger partial charge in [-0.2, -0.15) is 0 Å². The zero-order valence-corrected chi connectivity index (χ0v) is 12.0. The van der Waals surface area contributed by atoms with Crippen molar-refractivity contribution in [2.24, 2.45) is 0 Å². The maximum Gasteiger partial charge on any atom is 0.225 e. The number of nitrogens with zero attached hydrogens (tertiary/aromatic N) is 2. The summed E-state index contributed by atoms with van der Waals surface area (Å²) in [4.78, 5) is 8.00. The summed E-state index contributed by atoms with van der Waals surface area (Å²) < 4.78 is 29.2. The standard InChI is InChI=1S/C14H16FN3O3/c1-19-9-4-5-11(15)12(6-9)16-7-10-13(20-2)17-8-18-14(10)21-3/h4-6,8,16H,7H2,1-3H3. The lowest BCUT2D eigenvalue weighted by Crippen LogP contribution is -2.07. The highest BCUT2D eigenvalue weighted by Gasteiger charge is 2.13. The third kappa shape index (κ3) is 3.31. The number of anilines is 1. The van der Waals surface area contributed by atoms with E-state index in [1.807, 2.05) is 0 Å². The van der Waals surface area contributed by atoms with E-state index >= 15 is 0 Å². The molecule has 2 rings (SSSR count). The second kappa shape index (κ2) is 6.74. The number of benzene rings is 1. The summed E-state index contributed by atoms with van der Waals surface area (Å²) in [6.07, 6.45) is 1.34. The third-order valence-corrected chi connectivity index (χ3v) is 2.88. The second-order valence-electron chi connectivity index (χ2n) is 4.07. The predicted molar refractivity (Wildman–Crippen MR) is 75.4 cm³/mol. The van der Waals surface area contributed by atoms with Gasteiger partial charge < -0.3 is 19.5 Å². The minimum Gasteiger partial charge on any atom is -0.497 e. The van der Waals surface area contributed by atoms with Gasteiger partial charge in [0, 0.05) is 6.07 Å². The van der Waals surface area contributed by atoms with Crippen LogP contribution >= 0.6 is 0 Å². The number of methoxy groups -OCH3 is 3. The molecule has 1 N–H and O–H groups in total. The largest absolute Gasteiger partial charge is 0.497 e. The molecular formula is C14H16FN3O3. The fraction of sp³-hybridized carbons (Fsp3) is 0.286. The molecule has 7 heteroatoms. The normalized spacial score (nSPS) is 10.1. The Balaban J connectivity index is 2.24. The fourth-order valence-corrected chi connectivity index (χ4v) is 1.83. The Hall–Kier alpha value is -2.57. The minimum absolute atomic E-state index is 0.247. The van der Waals surface area contributed by atoms with Crippen LogP contribution in [0.2, 0.25) is 0 Å². The first-order chi connectivity index (χ1) is 10.2. The first kappa shape index (κ1) is 14.8. The molecule has 0 saturated heterocycles. The Kier molecular flexibility index (Phi) is 4.76. The lowest BCUT2D eigenvalue weighted by molar-refractivity contribution is 0.363. The van der Waals surface area contributed by atoms with E-state index in [9.17, 15) is 4.39 Å². The third-order valence-electron chi connectivity index (χ3n) is 2.88. The highest BCUT2D eigenvalue weighted by molar-refractivity contribution is 5.51. The van der Waals surface area contributed by atoms with Crippen molar-refractivity contribution in [1.29, 1.82) is 0 Å². The van der Waals surface area contributed by atoms with Gasteiger partial charge in [-0.3, -0.25) is 0 Å². The van der Waals surface area contributed by atoms with Crippen molar-refractivity contribution < 1.29 is 18.6 Å². The number of ether oxygens (including phenoxy) is 3. The average Bonchev–Trinajstić information content (AvgIpc) is 2.53. The van der Waals surface area contributed by atoms with E-state index in [0.717, 1.165) is 0 Å². The van der Waals surface area contributed by atoms with Crippen molar-refractivity contribution in [1.82, 2.24) is 9.97 Å². The maximum absolute atomic E-state index is 13.8. The van der Waals surface area contributed by atoms with E-state index in [1.54, 1.807) is 12.1 Å². The zero-order chi connectivity index (χ0) is 15.2. The smallest absolute Gasteiger partial charge is 0.225 e. The molecule has 21 heavy (non-hydrogen) atoms. The van der Waals surface area contributed by atoms with Gasteiger partial charge in [-0.1, -0.05) is 0 Å². The second-order valence-corrected chi connectivity index (χ2v) is 4.07. The van der Waals surface area contributed by atoms with Crippen LogP contribution in [0.4, 0.5) is 10.1 Å². The number of hydrogen-bond donors (Lipinski definition) is 1. The van der Waals surface area contributed by atoms with Crippen molar-refractivity contribution in [3.05, 3.63) is 35.9 Å². The molecule has 2 aromatic rings. The SMILES string of the molecule is COc1ccc(F)c(NCc2c(OC)ncnc2OC)c1. The van der Waals surface area contributed by atoms with Crippen LogP contribution in [0.25, 0.3) is 0 Å². The quantitative estimate of drug-likeness (QED) is 0.881. The molecule has 1 aromatic carbocycles. The first-order valence-electron chi connectivity index (χ1n) is 6.18. The highest BCUT2D eigenvalue weighted by atomic mass is 19.1. The molecular weight excluding hydrogens is 277 g/mol.